The third-order valence-corrected chi connectivity index (χ3v) is 7.86. The molecule has 32 heavy (non-hydrogen) atoms. The molecule has 4 nitrogen and oxygen atoms in total. The van der Waals surface area contributed by atoms with Crippen molar-refractivity contribution >= 4 is 84.9 Å². The molecule has 0 unspecified atom stereocenters. The molecular formula is C25H21I2NO3S. The Labute approximate surface area is 219 Å². The van der Waals surface area contributed by atoms with Gasteiger partial charge in [-0.3, -0.25) is 14.5 Å². The fourth-order valence-electron chi connectivity index (χ4n) is 3.48. The van der Waals surface area contributed by atoms with Gasteiger partial charge in [0.15, 0.2) is 0 Å². The zero-order chi connectivity index (χ0) is 22.8. The van der Waals surface area contributed by atoms with Crippen molar-refractivity contribution in [1.82, 2.24) is 4.90 Å². The number of carbonyl (C=O) groups is 2. The second-order valence-corrected chi connectivity index (χ2v) is 10.9. The van der Waals surface area contributed by atoms with Gasteiger partial charge >= 0.3 is 0 Å². The molecule has 0 spiro atoms. The minimum atomic E-state index is -0.212. The van der Waals surface area contributed by atoms with Gasteiger partial charge in [0.05, 0.1) is 12.0 Å². The minimum Gasteiger partial charge on any atom is -0.487 e. The van der Waals surface area contributed by atoms with Gasteiger partial charge in [0.1, 0.15) is 12.4 Å². The fourth-order valence-corrected chi connectivity index (χ4v) is 6.54. The summed E-state index contributed by atoms with van der Waals surface area (Å²) in [6, 6.07) is 18.5. The van der Waals surface area contributed by atoms with Crippen LogP contribution in [0.15, 0.2) is 59.5 Å². The van der Waals surface area contributed by atoms with E-state index in [-0.39, 0.29) is 17.2 Å². The van der Waals surface area contributed by atoms with Crippen LogP contribution >= 0.6 is 56.9 Å². The summed E-state index contributed by atoms with van der Waals surface area (Å²) in [5.74, 6) is 0.611. The molecule has 1 aliphatic rings. The Hall–Kier alpha value is -1.59. The normalized spacial score (nSPS) is 16.2. The van der Waals surface area contributed by atoms with Gasteiger partial charge in [0, 0.05) is 6.04 Å². The van der Waals surface area contributed by atoms with Gasteiger partial charge in [-0.15, -0.1) is 0 Å². The highest BCUT2D eigenvalue weighted by Gasteiger charge is 2.37. The maximum atomic E-state index is 12.7. The lowest BCUT2D eigenvalue weighted by Gasteiger charge is -2.19. The van der Waals surface area contributed by atoms with Crippen LogP contribution in [0, 0.1) is 7.14 Å². The van der Waals surface area contributed by atoms with Crippen molar-refractivity contribution in [2.75, 3.05) is 0 Å². The highest BCUT2D eigenvalue weighted by molar-refractivity contribution is 14.1. The van der Waals surface area contributed by atoms with Crippen LogP contribution in [0.3, 0.4) is 0 Å². The lowest BCUT2D eigenvalue weighted by Crippen LogP contribution is -2.36. The first-order valence-corrected chi connectivity index (χ1v) is 13.2. The van der Waals surface area contributed by atoms with Crippen molar-refractivity contribution < 1.29 is 14.3 Å². The van der Waals surface area contributed by atoms with Crippen molar-refractivity contribution in [3.63, 3.8) is 0 Å². The predicted octanol–water partition coefficient (Wildman–Crippen LogP) is 7.46. The topological polar surface area (TPSA) is 46.6 Å². The molecule has 0 bridgehead atoms. The fraction of sp³-hybridized carbons (Fsp3) is 0.200. The third kappa shape index (κ3) is 4.99. The van der Waals surface area contributed by atoms with E-state index in [9.17, 15) is 9.59 Å². The number of thioether (sulfide) groups is 1. The summed E-state index contributed by atoms with van der Waals surface area (Å²) in [5, 5.41) is 2.21. The number of hydrogen-bond donors (Lipinski definition) is 0. The summed E-state index contributed by atoms with van der Waals surface area (Å²) in [5.41, 5.74) is 1.99. The van der Waals surface area contributed by atoms with E-state index in [1.54, 1.807) is 6.08 Å². The van der Waals surface area contributed by atoms with E-state index in [0.29, 0.717) is 11.5 Å². The van der Waals surface area contributed by atoms with Crippen LogP contribution in [-0.2, 0) is 11.4 Å². The highest BCUT2D eigenvalue weighted by atomic mass is 127. The molecule has 1 saturated heterocycles. The smallest absolute Gasteiger partial charge is 0.293 e. The Kier molecular flexibility index (Phi) is 7.46. The number of carbonyl (C=O) groups excluding carboxylic acids is 2. The second kappa shape index (κ2) is 10.1. The lowest BCUT2D eigenvalue weighted by molar-refractivity contribution is -0.124. The average Bonchev–Trinajstić information content (AvgIpc) is 3.05. The Bertz CT molecular complexity index is 1220. The molecule has 3 aromatic carbocycles. The first-order chi connectivity index (χ1) is 15.4. The predicted molar refractivity (Wildman–Crippen MR) is 148 cm³/mol. The molecule has 4 rings (SSSR count). The maximum absolute atomic E-state index is 12.7. The SMILES string of the molecule is CC[C@H](C)N1C(=O)S/C(=C/c2cc(I)c(OCc3ccc4ccccc4c3)c(I)c2)C1=O. The van der Waals surface area contributed by atoms with Crippen LogP contribution in [0.5, 0.6) is 5.75 Å². The molecule has 0 N–H and O–H groups in total. The first-order valence-electron chi connectivity index (χ1n) is 10.2. The van der Waals surface area contributed by atoms with Gasteiger partial charge in [-0.1, -0.05) is 43.3 Å². The molecule has 1 fully saturated rings. The van der Waals surface area contributed by atoms with Crippen LogP contribution < -0.4 is 4.74 Å². The molecule has 2 amide bonds. The summed E-state index contributed by atoms with van der Waals surface area (Å²) in [6.45, 7) is 4.34. The van der Waals surface area contributed by atoms with Gasteiger partial charge in [0.2, 0.25) is 0 Å². The van der Waals surface area contributed by atoms with Crippen LogP contribution in [-0.4, -0.2) is 22.1 Å². The molecule has 0 aromatic heterocycles. The molecule has 3 aromatic rings. The maximum Gasteiger partial charge on any atom is 0.293 e. The number of hydrogen-bond acceptors (Lipinski definition) is 4. The molecule has 7 heteroatoms. The van der Waals surface area contributed by atoms with Gasteiger partial charge in [0.25, 0.3) is 11.1 Å². The summed E-state index contributed by atoms with van der Waals surface area (Å²) in [4.78, 5) is 26.8. The van der Waals surface area contributed by atoms with E-state index in [0.717, 1.165) is 42.2 Å². The van der Waals surface area contributed by atoms with Crippen molar-refractivity contribution in [1.29, 1.82) is 0 Å². The van der Waals surface area contributed by atoms with E-state index >= 15 is 0 Å². The Morgan fingerprint density at radius 3 is 2.41 bits per heavy atom. The number of halogens is 2. The summed E-state index contributed by atoms with van der Waals surface area (Å²) in [7, 11) is 0. The van der Waals surface area contributed by atoms with E-state index < -0.39 is 0 Å². The van der Waals surface area contributed by atoms with Crippen LogP contribution in [0.1, 0.15) is 31.4 Å². The van der Waals surface area contributed by atoms with Crippen molar-refractivity contribution in [2.24, 2.45) is 0 Å². The van der Waals surface area contributed by atoms with Crippen LogP contribution in [0.25, 0.3) is 16.8 Å². The number of fused-ring (bicyclic) bond motifs is 1. The Balaban J connectivity index is 1.52. The molecule has 1 heterocycles. The Morgan fingerprint density at radius 1 is 1.03 bits per heavy atom. The second-order valence-electron chi connectivity index (χ2n) is 7.59. The van der Waals surface area contributed by atoms with E-state index in [1.165, 1.54) is 15.7 Å². The summed E-state index contributed by atoms with van der Waals surface area (Å²) < 4.78 is 8.08. The van der Waals surface area contributed by atoms with E-state index in [2.05, 4.69) is 75.5 Å². The number of rotatable bonds is 6. The molecule has 1 atom stereocenters. The molecule has 1 aliphatic heterocycles. The van der Waals surface area contributed by atoms with Crippen molar-refractivity contribution in [2.45, 2.75) is 32.9 Å². The van der Waals surface area contributed by atoms with Gasteiger partial charge in [-0.25, -0.2) is 0 Å². The Morgan fingerprint density at radius 2 is 1.72 bits per heavy atom. The van der Waals surface area contributed by atoms with Gasteiger partial charge < -0.3 is 4.74 Å². The third-order valence-electron chi connectivity index (χ3n) is 5.37. The molecule has 0 saturated carbocycles. The van der Waals surface area contributed by atoms with Gasteiger partial charge in [-0.05, 0) is 116 Å². The monoisotopic (exact) mass is 669 g/mol. The number of ether oxygens (including phenoxy) is 1. The van der Waals surface area contributed by atoms with Crippen LogP contribution in [0.4, 0.5) is 4.79 Å². The number of nitrogens with zero attached hydrogens (tertiary/aromatic N) is 1. The lowest BCUT2D eigenvalue weighted by atomic mass is 10.1. The zero-order valence-electron chi connectivity index (χ0n) is 17.6. The van der Waals surface area contributed by atoms with E-state index in [4.69, 9.17) is 4.74 Å². The quantitative estimate of drug-likeness (QED) is 0.202. The largest absolute Gasteiger partial charge is 0.487 e. The highest BCUT2D eigenvalue weighted by Crippen LogP contribution is 2.36. The standard InChI is InChI=1S/C25H21I2NO3S/c1-3-15(2)28-24(29)22(32-25(28)30)13-17-11-20(26)23(21(27)12-17)31-14-16-8-9-18-6-4-5-7-19(18)10-16/h4-13,15H,3,14H2,1-2H3/b22-13+/t15-/m0/s1. The molecule has 164 valence electrons. The van der Waals surface area contributed by atoms with Crippen molar-refractivity contribution in [3.05, 3.63) is 77.8 Å². The minimum absolute atomic E-state index is 0.0976. The molecular weight excluding hydrogens is 648 g/mol. The first kappa shape index (κ1) is 23.6. The van der Waals surface area contributed by atoms with Gasteiger partial charge in [-0.2, -0.15) is 0 Å². The number of benzene rings is 3. The van der Waals surface area contributed by atoms with Crippen molar-refractivity contribution in [3.8, 4) is 5.75 Å². The number of amides is 2. The summed E-state index contributed by atoms with van der Waals surface area (Å²) in [6.07, 6.45) is 2.54. The molecule has 0 radical (unpaired) electrons. The molecule has 0 aliphatic carbocycles. The average molecular weight is 669 g/mol. The zero-order valence-corrected chi connectivity index (χ0v) is 22.7. The van der Waals surface area contributed by atoms with Crippen LogP contribution in [0.2, 0.25) is 0 Å². The number of imide groups is 1. The van der Waals surface area contributed by atoms with E-state index in [1.807, 2.05) is 38.1 Å². The summed E-state index contributed by atoms with van der Waals surface area (Å²) >= 11 is 5.52.